The van der Waals surface area contributed by atoms with E-state index in [1.807, 2.05) is 16.1 Å². The van der Waals surface area contributed by atoms with Gasteiger partial charge in [-0.3, -0.25) is 5.84 Å². The third-order valence-corrected chi connectivity index (χ3v) is 2.71. The summed E-state index contributed by atoms with van der Waals surface area (Å²) in [6.45, 7) is 2.91. The number of hydrogen-bond donors (Lipinski definition) is 2. The Morgan fingerprint density at radius 3 is 3.13 bits per heavy atom. The zero-order valence-corrected chi connectivity index (χ0v) is 9.11. The van der Waals surface area contributed by atoms with Crippen molar-refractivity contribution in [2.75, 3.05) is 0 Å². The first-order valence-corrected chi connectivity index (χ1v) is 5.44. The van der Waals surface area contributed by atoms with Crippen LogP contribution in [0.2, 0.25) is 0 Å². The van der Waals surface area contributed by atoms with E-state index in [0.717, 1.165) is 18.1 Å². The second-order valence-electron chi connectivity index (χ2n) is 3.00. The van der Waals surface area contributed by atoms with Gasteiger partial charge in [-0.2, -0.15) is 0 Å². The van der Waals surface area contributed by atoms with E-state index in [-0.39, 0.29) is 6.04 Å². The Balaban J connectivity index is 2.35. The van der Waals surface area contributed by atoms with Crippen LogP contribution in [0.3, 0.4) is 0 Å². The summed E-state index contributed by atoms with van der Waals surface area (Å²) >= 11 is 1.30. The summed E-state index contributed by atoms with van der Waals surface area (Å²) in [5.74, 6) is 6.37. The molecule has 0 aliphatic heterocycles. The fourth-order valence-corrected chi connectivity index (χ4v) is 1.92. The van der Waals surface area contributed by atoms with Gasteiger partial charge in [0.15, 0.2) is 0 Å². The largest absolute Gasteiger partial charge is 0.334 e. The fraction of sp³-hybridized carbons (Fsp3) is 0.375. The van der Waals surface area contributed by atoms with Crippen LogP contribution >= 0.6 is 11.5 Å². The fourth-order valence-electron chi connectivity index (χ4n) is 1.44. The minimum atomic E-state index is -0.196. The summed E-state index contributed by atoms with van der Waals surface area (Å²) in [4.78, 5) is 4.27. The molecule has 1 atom stereocenters. The van der Waals surface area contributed by atoms with Gasteiger partial charge >= 0.3 is 0 Å². The molecule has 0 saturated heterocycles. The standard InChI is InChI=1S/C8H12N6S/c1-2-14-4-3-10-8(14)7(11-9)6-5-15-13-12-6/h3-5,7,11H,2,9H2,1H3. The number of rotatable bonds is 4. The minimum absolute atomic E-state index is 0.196. The number of nitrogens with one attached hydrogen (secondary N) is 1. The van der Waals surface area contributed by atoms with Gasteiger partial charge < -0.3 is 4.57 Å². The number of hydrogen-bond acceptors (Lipinski definition) is 6. The Morgan fingerprint density at radius 2 is 2.53 bits per heavy atom. The van der Waals surface area contributed by atoms with Crippen molar-refractivity contribution in [3.63, 3.8) is 0 Å². The van der Waals surface area contributed by atoms with Gasteiger partial charge in [-0.05, 0) is 18.5 Å². The van der Waals surface area contributed by atoms with E-state index in [1.54, 1.807) is 6.20 Å². The van der Waals surface area contributed by atoms with Crippen molar-refractivity contribution >= 4 is 11.5 Å². The molecule has 2 aromatic rings. The maximum atomic E-state index is 5.51. The second kappa shape index (κ2) is 4.47. The van der Waals surface area contributed by atoms with Gasteiger partial charge in [0.1, 0.15) is 17.6 Å². The van der Waals surface area contributed by atoms with Crippen molar-refractivity contribution in [3.8, 4) is 0 Å². The molecular formula is C8H12N6S. The Kier molecular flexibility index (Phi) is 3.05. The highest BCUT2D eigenvalue weighted by Crippen LogP contribution is 2.18. The van der Waals surface area contributed by atoms with Crippen LogP contribution in [0.15, 0.2) is 17.8 Å². The lowest BCUT2D eigenvalue weighted by Crippen LogP contribution is -2.31. The molecule has 0 fully saturated rings. The third-order valence-electron chi connectivity index (χ3n) is 2.19. The predicted octanol–water partition coefficient (Wildman–Crippen LogP) is 0.307. The number of imidazole rings is 1. The van der Waals surface area contributed by atoms with Crippen molar-refractivity contribution in [2.24, 2.45) is 5.84 Å². The topological polar surface area (TPSA) is 81.7 Å². The molecule has 2 rings (SSSR count). The molecule has 0 radical (unpaired) electrons. The first-order valence-electron chi connectivity index (χ1n) is 4.61. The average molecular weight is 224 g/mol. The molecule has 6 nitrogen and oxygen atoms in total. The van der Waals surface area contributed by atoms with Crippen LogP contribution in [0.25, 0.3) is 0 Å². The van der Waals surface area contributed by atoms with E-state index in [0.29, 0.717) is 0 Å². The van der Waals surface area contributed by atoms with Gasteiger partial charge in [-0.1, -0.05) is 4.49 Å². The van der Waals surface area contributed by atoms with Crippen molar-refractivity contribution < 1.29 is 0 Å². The Labute approximate surface area is 91.3 Å². The molecule has 2 heterocycles. The molecule has 7 heteroatoms. The van der Waals surface area contributed by atoms with Crippen LogP contribution in [0.1, 0.15) is 24.5 Å². The molecule has 2 aromatic heterocycles. The lowest BCUT2D eigenvalue weighted by molar-refractivity contribution is 0.549. The van der Waals surface area contributed by atoms with E-state index in [2.05, 4.69) is 26.9 Å². The Bertz CT molecular complexity index is 408. The lowest BCUT2D eigenvalue weighted by atomic mass is 10.2. The zero-order valence-electron chi connectivity index (χ0n) is 8.29. The highest BCUT2D eigenvalue weighted by atomic mass is 32.1. The van der Waals surface area contributed by atoms with Crippen LogP contribution < -0.4 is 11.3 Å². The summed E-state index contributed by atoms with van der Waals surface area (Å²) in [7, 11) is 0. The number of aromatic nitrogens is 4. The van der Waals surface area contributed by atoms with Crippen molar-refractivity contribution in [1.82, 2.24) is 24.6 Å². The van der Waals surface area contributed by atoms with E-state index >= 15 is 0 Å². The van der Waals surface area contributed by atoms with Crippen LogP contribution in [-0.4, -0.2) is 19.1 Å². The van der Waals surface area contributed by atoms with Crippen LogP contribution in [0.5, 0.6) is 0 Å². The Morgan fingerprint density at radius 1 is 1.67 bits per heavy atom. The van der Waals surface area contributed by atoms with Gasteiger partial charge in [0.25, 0.3) is 0 Å². The van der Waals surface area contributed by atoms with Crippen LogP contribution in [-0.2, 0) is 6.54 Å². The summed E-state index contributed by atoms with van der Waals surface area (Å²) < 4.78 is 5.83. The monoisotopic (exact) mass is 224 g/mol. The average Bonchev–Trinajstić information content (AvgIpc) is 2.89. The highest BCUT2D eigenvalue weighted by Gasteiger charge is 2.19. The third kappa shape index (κ3) is 1.89. The Hall–Kier alpha value is -1.31. The molecule has 3 N–H and O–H groups in total. The van der Waals surface area contributed by atoms with Gasteiger partial charge in [0.05, 0.1) is 0 Å². The first kappa shape index (κ1) is 10.2. The SMILES string of the molecule is CCn1ccnc1C(NN)c1csnn1. The van der Waals surface area contributed by atoms with Crippen molar-refractivity contribution in [2.45, 2.75) is 19.5 Å². The smallest absolute Gasteiger partial charge is 0.133 e. The first-order chi connectivity index (χ1) is 7.36. The molecule has 1 unspecified atom stereocenters. The van der Waals surface area contributed by atoms with Crippen LogP contribution in [0, 0.1) is 0 Å². The molecule has 0 aliphatic carbocycles. The quantitative estimate of drug-likeness (QED) is 0.577. The minimum Gasteiger partial charge on any atom is -0.334 e. The molecular weight excluding hydrogens is 212 g/mol. The number of nitrogens with zero attached hydrogens (tertiary/aromatic N) is 4. The second-order valence-corrected chi connectivity index (χ2v) is 3.61. The number of nitrogens with two attached hydrogens (primary N) is 1. The normalized spacial score (nSPS) is 12.9. The maximum Gasteiger partial charge on any atom is 0.133 e. The lowest BCUT2D eigenvalue weighted by Gasteiger charge is -2.13. The molecule has 15 heavy (non-hydrogen) atoms. The summed E-state index contributed by atoms with van der Waals surface area (Å²) in [5.41, 5.74) is 3.50. The van der Waals surface area contributed by atoms with E-state index < -0.39 is 0 Å². The van der Waals surface area contributed by atoms with Gasteiger partial charge in [0.2, 0.25) is 0 Å². The predicted molar refractivity (Wildman–Crippen MR) is 57.0 cm³/mol. The van der Waals surface area contributed by atoms with Crippen molar-refractivity contribution in [1.29, 1.82) is 0 Å². The molecule has 0 spiro atoms. The number of aryl methyl sites for hydroxylation is 1. The van der Waals surface area contributed by atoms with Crippen molar-refractivity contribution in [3.05, 3.63) is 29.3 Å². The van der Waals surface area contributed by atoms with Gasteiger partial charge in [-0.15, -0.1) is 5.10 Å². The molecule has 0 aromatic carbocycles. The molecule has 0 aliphatic rings. The molecule has 0 bridgehead atoms. The van der Waals surface area contributed by atoms with E-state index in [4.69, 9.17) is 5.84 Å². The summed E-state index contributed by atoms with van der Waals surface area (Å²) in [6, 6.07) is -0.196. The highest BCUT2D eigenvalue weighted by molar-refractivity contribution is 7.03. The summed E-state index contributed by atoms with van der Waals surface area (Å²) in [5, 5.41) is 5.85. The zero-order chi connectivity index (χ0) is 10.7. The van der Waals surface area contributed by atoms with E-state index in [1.165, 1.54) is 11.5 Å². The van der Waals surface area contributed by atoms with E-state index in [9.17, 15) is 0 Å². The van der Waals surface area contributed by atoms with Gasteiger partial charge in [-0.25, -0.2) is 10.4 Å². The van der Waals surface area contributed by atoms with Crippen LogP contribution in [0.4, 0.5) is 0 Å². The molecule has 0 amide bonds. The summed E-state index contributed by atoms with van der Waals surface area (Å²) in [6.07, 6.45) is 3.67. The molecule has 0 saturated carbocycles. The number of hydrazine groups is 1. The maximum absolute atomic E-state index is 5.51. The van der Waals surface area contributed by atoms with Gasteiger partial charge in [0, 0.05) is 24.3 Å². The molecule has 80 valence electrons.